The van der Waals surface area contributed by atoms with Crippen LogP contribution in [0.3, 0.4) is 0 Å². The van der Waals surface area contributed by atoms with Gasteiger partial charge in [-0.15, -0.1) is 0 Å². The number of ether oxygens (including phenoxy) is 4. The lowest BCUT2D eigenvalue weighted by atomic mass is 10.0. The van der Waals surface area contributed by atoms with Gasteiger partial charge in [-0.1, -0.05) is 50.6 Å². The zero-order valence-corrected chi connectivity index (χ0v) is 17.0. The predicted molar refractivity (Wildman–Crippen MR) is 115 cm³/mol. The summed E-state index contributed by atoms with van der Waals surface area (Å²) in [6.45, 7) is 13.4. The Bertz CT molecular complexity index is 1010. The molecule has 0 bridgehead atoms. The second-order valence-corrected chi connectivity index (χ2v) is 6.05. The maximum Gasteiger partial charge on any atom is 0.342 e. The van der Waals surface area contributed by atoms with Gasteiger partial charge in [-0.25, -0.2) is 19.2 Å². The Morgan fingerprint density at radius 1 is 0.656 bits per heavy atom. The van der Waals surface area contributed by atoms with Crippen molar-refractivity contribution in [2.24, 2.45) is 0 Å². The van der Waals surface area contributed by atoms with Gasteiger partial charge < -0.3 is 18.9 Å². The first-order valence-electron chi connectivity index (χ1n) is 9.18. The molecule has 0 N–H and O–H groups in total. The minimum Gasteiger partial charge on any atom is -0.418 e. The smallest absolute Gasteiger partial charge is 0.342 e. The van der Waals surface area contributed by atoms with E-state index in [2.05, 4.69) is 26.3 Å². The molecule has 0 fully saturated rings. The molecular formula is C24H20O8. The summed E-state index contributed by atoms with van der Waals surface area (Å²) >= 11 is 0. The fraction of sp³-hybridized carbons (Fsp3) is 0.0833. The molecule has 0 aliphatic heterocycles. The highest BCUT2D eigenvalue weighted by molar-refractivity contribution is 6.07. The predicted octanol–water partition coefficient (Wildman–Crippen LogP) is 3.64. The molecule has 8 nitrogen and oxygen atoms in total. The van der Waals surface area contributed by atoms with Crippen molar-refractivity contribution in [2.45, 2.75) is 12.6 Å². The Morgan fingerprint density at radius 3 is 1.34 bits per heavy atom. The van der Waals surface area contributed by atoms with Crippen molar-refractivity contribution in [1.29, 1.82) is 0 Å². The molecule has 0 heterocycles. The van der Waals surface area contributed by atoms with Crippen LogP contribution in [0.5, 0.6) is 0 Å². The monoisotopic (exact) mass is 436 g/mol. The van der Waals surface area contributed by atoms with Crippen LogP contribution in [0.15, 0.2) is 87.0 Å². The molecule has 0 aromatic heterocycles. The summed E-state index contributed by atoms with van der Waals surface area (Å²) in [6, 6.07) is 9.78. The first-order valence-corrected chi connectivity index (χ1v) is 9.18. The van der Waals surface area contributed by atoms with Gasteiger partial charge in [0.1, 0.15) is 0 Å². The van der Waals surface area contributed by atoms with Crippen molar-refractivity contribution in [3.05, 3.63) is 98.1 Å². The third-order valence-corrected chi connectivity index (χ3v) is 3.95. The second kappa shape index (κ2) is 11.1. The van der Waals surface area contributed by atoms with Gasteiger partial charge >= 0.3 is 23.9 Å². The van der Waals surface area contributed by atoms with Crippen LogP contribution in [0.25, 0.3) is 10.8 Å². The van der Waals surface area contributed by atoms with Crippen LogP contribution < -0.4 is 0 Å². The van der Waals surface area contributed by atoms with E-state index >= 15 is 0 Å². The molecule has 0 aliphatic carbocycles. The highest BCUT2D eigenvalue weighted by Gasteiger charge is 2.25. The third kappa shape index (κ3) is 6.02. The van der Waals surface area contributed by atoms with Crippen LogP contribution in [-0.2, 0) is 28.5 Å². The number of carbonyl (C=O) groups excluding carboxylic acids is 4. The summed E-state index contributed by atoms with van der Waals surface area (Å²) in [4.78, 5) is 48.4. The zero-order chi connectivity index (χ0) is 23.7. The number of rotatable bonds is 10. The first-order chi connectivity index (χ1) is 15.3. The molecule has 2 aromatic rings. The number of esters is 4. The van der Waals surface area contributed by atoms with Crippen molar-refractivity contribution in [3.8, 4) is 0 Å². The van der Waals surface area contributed by atoms with E-state index in [4.69, 9.17) is 18.9 Å². The topological polar surface area (TPSA) is 105 Å². The fourth-order valence-electron chi connectivity index (χ4n) is 2.48. The van der Waals surface area contributed by atoms with E-state index in [1.165, 1.54) is 12.1 Å². The summed E-state index contributed by atoms with van der Waals surface area (Å²) in [5.74, 6) is -3.64. The summed E-state index contributed by atoms with van der Waals surface area (Å²) in [5, 5.41) is 1.26. The van der Waals surface area contributed by atoms with Gasteiger partial charge in [0, 0.05) is 12.2 Å². The number of benzene rings is 2. The van der Waals surface area contributed by atoms with Crippen molar-refractivity contribution < 1.29 is 38.1 Å². The van der Waals surface area contributed by atoms with E-state index < -0.39 is 36.5 Å². The Kier molecular flexibility index (Phi) is 8.24. The zero-order valence-electron chi connectivity index (χ0n) is 17.0. The lowest BCUT2D eigenvalue weighted by Gasteiger charge is -2.17. The summed E-state index contributed by atoms with van der Waals surface area (Å²) in [5.41, 5.74) is -0.346. The average Bonchev–Trinajstić information content (AvgIpc) is 2.81. The van der Waals surface area contributed by atoms with E-state index in [1.807, 2.05) is 0 Å². The van der Waals surface area contributed by atoms with Crippen molar-refractivity contribution in [1.82, 2.24) is 0 Å². The maximum absolute atomic E-state index is 12.8. The number of fused-ring (bicyclic) bond motifs is 1. The molecule has 0 aliphatic rings. The van der Waals surface area contributed by atoms with E-state index in [0.29, 0.717) is 10.8 Å². The lowest BCUT2D eigenvalue weighted by Crippen LogP contribution is -2.25. The summed E-state index contributed by atoms with van der Waals surface area (Å²) in [7, 11) is 0. The minimum absolute atomic E-state index is 0.173. The van der Waals surface area contributed by atoms with Crippen LogP contribution >= 0.6 is 0 Å². The molecule has 32 heavy (non-hydrogen) atoms. The van der Waals surface area contributed by atoms with Gasteiger partial charge in [0.05, 0.1) is 11.1 Å². The molecule has 2 atom stereocenters. The normalized spacial score (nSPS) is 11.9. The number of hydrogen-bond acceptors (Lipinski definition) is 8. The molecule has 0 amide bonds. The molecule has 2 rings (SSSR count). The molecule has 0 saturated heterocycles. The Morgan fingerprint density at radius 2 is 1.03 bits per heavy atom. The quantitative estimate of drug-likeness (QED) is 0.241. The molecule has 8 heteroatoms. The van der Waals surface area contributed by atoms with Crippen molar-refractivity contribution in [3.63, 3.8) is 0 Å². The summed E-state index contributed by atoms with van der Waals surface area (Å²) in [6.07, 6.45) is 1.11. The number of hydrogen-bond donors (Lipinski definition) is 0. The van der Waals surface area contributed by atoms with Gasteiger partial charge in [0.15, 0.2) is 0 Å². The van der Waals surface area contributed by atoms with Crippen LogP contribution in [-0.4, -0.2) is 36.5 Å². The largest absolute Gasteiger partial charge is 0.418 e. The molecule has 0 saturated carbocycles. The SMILES string of the molecule is C=CC(=O)OC(C=C)OC(=O)c1cc2ccccc2cc1C(=O)OC(C=C)OC(=O)C=C. The fourth-order valence-corrected chi connectivity index (χ4v) is 2.48. The molecule has 2 unspecified atom stereocenters. The highest BCUT2D eigenvalue weighted by atomic mass is 16.7. The van der Waals surface area contributed by atoms with Gasteiger partial charge in [0.2, 0.25) is 0 Å². The van der Waals surface area contributed by atoms with Crippen LogP contribution in [0.1, 0.15) is 20.7 Å². The highest BCUT2D eigenvalue weighted by Crippen LogP contribution is 2.23. The molecule has 2 aromatic carbocycles. The lowest BCUT2D eigenvalue weighted by molar-refractivity contribution is -0.156. The van der Waals surface area contributed by atoms with Gasteiger partial charge in [-0.3, -0.25) is 0 Å². The summed E-state index contributed by atoms with van der Waals surface area (Å²) < 4.78 is 20.0. The number of carbonyl (C=O) groups is 4. The van der Waals surface area contributed by atoms with Crippen molar-refractivity contribution >= 4 is 34.6 Å². The van der Waals surface area contributed by atoms with E-state index in [9.17, 15) is 19.2 Å². The van der Waals surface area contributed by atoms with Gasteiger partial charge in [-0.05, 0) is 35.1 Å². The molecular weight excluding hydrogens is 416 g/mol. The van der Waals surface area contributed by atoms with E-state index in [0.717, 1.165) is 24.3 Å². The van der Waals surface area contributed by atoms with E-state index in [-0.39, 0.29) is 11.1 Å². The van der Waals surface area contributed by atoms with Crippen LogP contribution in [0, 0.1) is 0 Å². The Hall–Kier alpha value is -4.46. The van der Waals surface area contributed by atoms with Crippen LogP contribution in [0.4, 0.5) is 0 Å². The van der Waals surface area contributed by atoms with Crippen LogP contribution in [0.2, 0.25) is 0 Å². The average molecular weight is 436 g/mol. The Balaban J connectivity index is 2.41. The molecule has 164 valence electrons. The first kappa shape index (κ1) is 23.8. The Labute approximate surface area is 184 Å². The standard InChI is InChI=1S/C24H20O8/c1-5-19(25)29-21(7-3)31-23(27)17-13-15-11-9-10-12-16(15)14-18(17)24(28)32-22(8-4)30-20(26)6-2/h5-14,21-22H,1-4H2. The molecule has 0 radical (unpaired) electrons. The maximum atomic E-state index is 12.8. The second-order valence-electron chi connectivity index (χ2n) is 6.05. The third-order valence-electron chi connectivity index (χ3n) is 3.95. The van der Waals surface area contributed by atoms with E-state index in [1.54, 1.807) is 24.3 Å². The van der Waals surface area contributed by atoms with Gasteiger partial charge in [0.25, 0.3) is 12.6 Å². The minimum atomic E-state index is -1.42. The van der Waals surface area contributed by atoms with Gasteiger partial charge in [-0.2, -0.15) is 0 Å². The van der Waals surface area contributed by atoms with Crippen molar-refractivity contribution in [2.75, 3.05) is 0 Å². The molecule has 0 spiro atoms.